The number of anilines is 1. The summed E-state index contributed by atoms with van der Waals surface area (Å²) in [7, 11) is 0. The van der Waals surface area contributed by atoms with E-state index in [-0.39, 0.29) is 6.03 Å². The Balaban J connectivity index is 1.45. The van der Waals surface area contributed by atoms with E-state index in [1.165, 1.54) is 32.5 Å². The molecule has 0 atom stereocenters. The lowest BCUT2D eigenvalue weighted by Gasteiger charge is -2.33. The Morgan fingerprint density at radius 2 is 1.91 bits per heavy atom. The van der Waals surface area contributed by atoms with E-state index < -0.39 is 0 Å². The first kappa shape index (κ1) is 15.8. The number of rotatable bonds is 3. The van der Waals surface area contributed by atoms with E-state index in [9.17, 15) is 4.79 Å². The third-order valence-corrected chi connectivity index (χ3v) is 5.19. The van der Waals surface area contributed by atoms with Gasteiger partial charge in [0.05, 0.1) is 0 Å². The number of nitrogens with one attached hydrogen (secondary N) is 1. The molecule has 4 nitrogen and oxygen atoms in total. The summed E-state index contributed by atoms with van der Waals surface area (Å²) in [4.78, 5) is 16.9. The maximum atomic E-state index is 12.3. The van der Waals surface area contributed by atoms with Gasteiger partial charge in [0.1, 0.15) is 0 Å². The van der Waals surface area contributed by atoms with Gasteiger partial charge in [0.15, 0.2) is 0 Å². The number of benzene rings is 1. The highest BCUT2D eigenvalue weighted by Gasteiger charge is 2.25. The average molecular weight is 366 g/mol. The van der Waals surface area contributed by atoms with Crippen LogP contribution in [0.5, 0.6) is 0 Å². The summed E-state index contributed by atoms with van der Waals surface area (Å²) >= 11 is 3.43. The highest BCUT2D eigenvalue weighted by atomic mass is 79.9. The molecule has 1 aromatic rings. The molecular weight excluding hydrogens is 342 g/mol. The molecule has 0 unspecified atom stereocenters. The first-order valence-corrected chi connectivity index (χ1v) is 9.04. The molecule has 120 valence electrons. The molecule has 2 heterocycles. The fraction of sp³-hybridized carbons (Fsp3) is 0.588. The topological polar surface area (TPSA) is 35.6 Å². The van der Waals surface area contributed by atoms with Crippen molar-refractivity contribution in [3.05, 3.63) is 28.7 Å². The monoisotopic (exact) mass is 365 g/mol. The minimum Gasteiger partial charge on any atom is -0.325 e. The quantitative estimate of drug-likeness (QED) is 0.884. The Hall–Kier alpha value is -1.07. The van der Waals surface area contributed by atoms with Gasteiger partial charge in [-0.25, -0.2) is 4.79 Å². The molecule has 5 heteroatoms. The molecule has 1 N–H and O–H groups in total. The standard InChI is InChI=1S/C17H24BrN3O/c18-15-4-3-5-16(12-15)19-17(22)21-10-6-14(7-11-21)13-20-8-1-2-9-20/h3-5,12,14H,1-2,6-11,13H2,(H,19,22). The summed E-state index contributed by atoms with van der Waals surface area (Å²) in [6.07, 6.45) is 4.96. The molecule has 22 heavy (non-hydrogen) atoms. The smallest absolute Gasteiger partial charge is 0.321 e. The van der Waals surface area contributed by atoms with Crippen LogP contribution in [0.4, 0.5) is 10.5 Å². The second-order valence-electron chi connectivity index (χ2n) is 6.38. The van der Waals surface area contributed by atoms with E-state index in [1.54, 1.807) is 0 Å². The summed E-state index contributed by atoms with van der Waals surface area (Å²) in [5.41, 5.74) is 0.846. The number of halogens is 1. The molecule has 1 aromatic carbocycles. The normalized spacial score (nSPS) is 20.3. The summed E-state index contributed by atoms with van der Waals surface area (Å²) < 4.78 is 0.981. The van der Waals surface area contributed by atoms with Gasteiger partial charge in [-0.1, -0.05) is 22.0 Å². The van der Waals surface area contributed by atoms with Gasteiger partial charge in [0.25, 0.3) is 0 Å². The highest BCUT2D eigenvalue weighted by Crippen LogP contribution is 2.22. The van der Waals surface area contributed by atoms with Crippen LogP contribution in [0, 0.1) is 5.92 Å². The van der Waals surface area contributed by atoms with Crippen molar-refractivity contribution in [1.82, 2.24) is 9.80 Å². The van der Waals surface area contributed by atoms with Crippen LogP contribution in [0.1, 0.15) is 25.7 Å². The first-order valence-electron chi connectivity index (χ1n) is 8.24. The summed E-state index contributed by atoms with van der Waals surface area (Å²) in [6, 6.07) is 7.76. The fourth-order valence-corrected chi connectivity index (χ4v) is 3.82. The largest absolute Gasteiger partial charge is 0.325 e. The van der Waals surface area contributed by atoms with Crippen molar-refractivity contribution < 1.29 is 4.79 Å². The Bertz CT molecular complexity index is 508. The maximum absolute atomic E-state index is 12.3. The van der Waals surface area contributed by atoms with Crippen LogP contribution in [0.25, 0.3) is 0 Å². The minimum atomic E-state index is 0.0257. The molecule has 0 spiro atoms. The number of urea groups is 1. The molecule has 2 amide bonds. The van der Waals surface area contributed by atoms with Crippen molar-refractivity contribution >= 4 is 27.6 Å². The third kappa shape index (κ3) is 4.23. The van der Waals surface area contributed by atoms with Crippen LogP contribution >= 0.6 is 15.9 Å². The van der Waals surface area contributed by atoms with E-state index >= 15 is 0 Å². The second kappa shape index (κ2) is 7.47. The van der Waals surface area contributed by atoms with Crippen LogP contribution in [0.3, 0.4) is 0 Å². The number of amides is 2. The van der Waals surface area contributed by atoms with Crippen LogP contribution in [-0.4, -0.2) is 48.6 Å². The van der Waals surface area contributed by atoms with Gasteiger partial charge in [-0.3, -0.25) is 0 Å². The van der Waals surface area contributed by atoms with E-state index in [2.05, 4.69) is 26.1 Å². The first-order chi connectivity index (χ1) is 10.7. The fourth-order valence-electron chi connectivity index (χ4n) is 3.42. The zero-order valence-corrected chi connectivity index (χ0v) is 14.5. The van der Waals surface area contributed by atoms with Crippen molar-refractivity contribution in [2.24, 2.45) is 5.92 Å². The number of likely N-dealkylation sites (tertiary alicyclic amines) is 2. The molecule has 2 fully saturated rings. The lowest BCUT2D eigenvalue weighted by molar-refractivity contribution is 0.163. The molecule has 0 aromatic heterocycles. The van der Waals surface area contributed by atoms with Crippen LogP contribution in [0.2, 0.25) is 0 Å². The number of carbonyl (C=O) groups excluding carboxylic acids is 1. The van der Waals surface area contributed by atoms with Gasteiger partial charge in [-0.05, 0) is 62.9 Å². The molecule has 0 radical (unpaired) electrons. The molecular formula is C17H24BrN3O. The van der Waals surface area contributed by atoms with E-state index in [0.717, 1.165) is 42.0 Å². The van der Waals surface area contributed by atoms with Gasteiger partial charge >= 0.3 is 6.03 Å². The van der Waals surface area contributed by atoms with Crippen molar-refractivity contribution in [2.45, 2.75) is 25.7 Å². The van der Waals surface area contributed by atoms with Gasteiger partial charge in [-0.15, -0.1) is 0 Å². The van der Waals surface area contributed by atoms with Crippen LogP contribution < -0.4 is 5.32 Å². The van der Waals surface area contributed by atoms with Crippen molar-refractivity contribution in [3.63, 3.8) is 0 Å². The zero-order valence-electron chi connectivity index (χ0n) is 12.9. The number of piperidine rings is 1. The molecule has 2 aliphatic heterocycles. The maximum Gasteiger partial charge on any atom is 0.321 e. The zero-order chi connectivity index (χ0) is 15.4. The predicted octanol–water partition coefficient (Wildman–Crippen LogP) is 3.79. The number of carbonyl (C=O) groups is 1. The Labute approximate surface area is 141 Å². The second-order valence-corrected chi connectivity index (χ2v) is 7.29. The van der Waals surface area contributed by atoms with E-state index in [1.807, 2.05) is 29.2 Å². The highest BCUT2D eigenvalue weighted by molar-refractivity contribution is 9.10. The molecule has 2 aliphatic rings. The molecule has 3 rings (SSSR count). The number of nitrogens with zero attached hydrogens (tertiary/aromatic N) is 2. The van der Waals surface area contributed by atoms with Gasteiger partial charge < -0.3 is 15.1 Å². The lowest BCUT2D eigenvalue weighted by Crippen LogP contribution is -2.43. The Morgan fingerprint density at radius 3 is 2.59 bits per heavy atom. The third-order valence-electron chi connectivity index (χ3n) is 4.69. The minimum absolute atomic E-state index is 0.0257. The number of hydrogen-bond donors (Lipinski definition) is 1. The van der Waals surface area contributed by atoms with Crippen LogP contribution in [0.15, 0.2) is 28.7 Å². The summed E-state index contributed by atoms with van der Waals surface area (Å²) in [6.45, 7) is 5.50. The SMILES string of the molecule is O=C(Nc1cccc(Br)c1)N1CCC(CN2CCCC2)CC1. The van der Waals surface area contributed by atoms with E-state index in [4.69, 9.17) is 0 Å². The Kier molecular flexibility index (Phi) is 5.37. The van der Waals surface area contributed by atoms with Gasteiger partial charge in [0.2, 0.25) is 0 Å². The lowest BCUT2D eigenvalue weighted by atomic mass is 9.96. The van der Waals surface area contributed by atoms with Crippen molar-refractivity contribution in [1.29, 1.82) is 0 Å². The van der Waals surface area contributed by atoms with Crippen molar-refractivity contribution in [3.8, 4) is 0 Å². The van der Waals surface area contributed by atoms with Crippen molar-refractivity contribution in [2.75, 3.05) is 38.0 Å². The Morgan fingerprint density at radius 1 is 1.18 bits per heavy atom. The molecule has 0 saturated carbocycles. The predicted molar refractivity (Wildman–Crippen MR) is 93.1 cm³/mol. The molecule has 2 saturated heterocycles. The summed E-state index contributed by atoms with van der Waals surface area (Å²) in [5.74, 6) is 0.757. The van der Waals surface area contributed by atoms with Gasteiger partial charge in [-0.2, -0.15) is 0 Å². The average Bonchev–Trinajstić information content (AvgIpc) is 3.01. The number of hydrogen-bond acceptors (Lipinski definition) is 2. The van der Waals surface area contributed by atoms with Crippen LogP contribution in [-0.2, 0) is 0 Å². The summed E-state index contributed by atoms with van der Waals surface area (Å²) in [5, 5.41) is 2.99. The van der Waals surface area contributed by atoms with E-state index in [0.29, 0.717) is 0 Å². The molecule has 0 bridgehead atoms. The molecule has 0 aliphatic carbocycles. The van der Waals surface area contributed by atoms with Gasteiger partial charge in [0, 0.05) is 29.8 Å².